The molecule has 0 aromatic carbocycles. The molecular weight excluding hydrogens is 776 g/mol. The first-order valence-corrected chi connectivity index (χ1v) is 17.1. The molecule has 22 nitrogen and oxygen atoms in total. The van der Waals surface area contributed by atoms with Gasteiger partial charge in [0.15, 0.2) is 29.6 Å². The van der Waals surface area contributed by atoms with E-state index in [2.05, 4.69) is 0 Å². The van der Waals surface area contributed by atoms with Gasteiger partial charge in [0.25, 0.3) is 0 Å². The Morgan fingerprint density at radius 3 is 1.38 bits per heavy atom. The monoisotopic (exact) mass is 810 g/mol. The van der Waals surface area contributed by atoms with Crippen LogP contribution < -0.4 is 19.6 Å². The number of aliphatic hydroxyl groups is 2. The van der Waals surface area contributed by atoms with Gasteiger partial charge in [0.1, 0.15) is 0 Å². The Kier molecular flexibility index (Phi) is 11.8. The summed E-state index contributed by atoms with van der Waals surface area (Å²) in [5.74, 6) is -8.66. The second-order valence-corrected chi connectivity index (χ2v) is 12.3. The van der Waals surface area contributed by atoms with Crippen LogP contribution in [0.1, 0.15) is 60.7 Å². The van der Waals surface area contributed by atoms with Crippen molar-refractivity contribution in [1.82, 2.24) is 0 Å². The molecule has 0 bridgehead atoms. The number of hydrogen-bond donors (Lipinski definition) is 7. The summed E-state index contributed by atoms with van der Waals surface area (Å²) in [6.07, 6.45) is -1.48. The molecular formula is C36H34N4O18. The predicted molar refractivity (Wildman–Crippen MR) is 193 cm³/mol. The summed E-state index contributed by atoms with van der Waals surface area (Å²) in [6.45, 7) is -0.0901. The van der Waals surface area contributed by atoms with Crippen LogP contribution in [0.4, 0.5) is 29.4 Å². The Labute approximate surface area is 324 Å². The number of nitrogens with zero attached hydrogens (tertiary/aromatic N) is 4. The first kappa shape index (κ1) is 40.1. The van der Waals surface area contributed by atoms with Gasteiger partial charge in [0.2, 0.25) is 46.9 Å². The van der Waals surface area contributed by atoms with Gasteiger partial charge in [0, 0.05) is 76.0 Å². The molecule has 5 aromatic heterocycles. The second-order valence-electron chi connectivity index (χ2n) is 12.3. The van der Waals surface area contributed by atoms with Gasteiger partial charge >= 0.3 is 29.8 Å². The maximum atomic E-state index is 11.8. The largest absolute Gasteiger partial charge is 0.475 e. The number of furan rings is 5. The fraction of sp³-hybridized carbons (Fsp3) is 0.250. The molecule has 6 rings (SSSR count). The number of carbonyl (C=O) groups is 5. The first-order valence-electron chi connectivity index (χ1n) is 17.1. The fourth-order valence-electron chi connectivity index (χ4n) is 5.90. The molecule has 5 aromatic rings. The number of aliphatic carboxylic acids is 1. The summed E-state index contributed by atoms with van der Waals surface area (Å²) < 4.78 is 33.5. The van der Waals surface area contributed by atoms with Crippen molar-refractivity contribution in [2.75, 3.05) is 58.9 Å². The molecule has 0 saturated heterocycles. The highest BCUT2D eigenvalue weighted by Gasteiger charge is 2.32. The van der Waals surface area contributed by atoms with E-state index in [9.17, 15) is 59.7 Å². The zero-order valence-electron chi connectivity index (χ0n) is 29.9. The molecule has 7 N–H and O–H groups in total. The van der Waals surface area contributed by atoms with Crippen LogP contribution in [0.5, 0.6) is 0 Å². The van der Waals surface area contributed by atoms with Crippen LogP contribution >= 0.6 is 0 Å². The van der Waals surface area contributed by atoms with E-state index in [0.29, 0.717) is 0 Å². The zero-order chi connectivity index (χ0) is 41.7. The highest BCUT2D eigenvalue weighted by atomic mass is 16.5. The van der Waals surface area contributed by atoms with Crippen LogP contribution in [0.25, 0.3) is 0 Å². The van der Waals surface area contributed by atoms with Crippen molar-refractivity contribution < 1.29 is 86.5 Å². The van der Waals surface area contributed by atoms with Crippen LogP contribution in [0.2, 0.25) is 0 Å². The molecule has 0 aliphatic carbocycles. The van der Waals surface area contributed by atoms with Gasteiger partial charge in [-0.15, -0.1) is 0 Å². The first-order chi connectivity index (χ1) is 27.7. The second kappa shape index (κ2) is 17.1. The quantitative estimate of drug-likeness (QED) is 0.0518. The van der Waals surface area contributed by atoms with Crippen molar-refractivity contribution in [3.05, 3.63) is 101 Å². The maximum Gasteiger partial charge on any atom is 0.371 e. The summed E-state index contributed by atoms with van der Waals surface area (Å²) in [5.41, 5.74) is 0. The van der Waals surface area contributed by atoms with Crippen molar-refractivity contribution in [2.45, 2.75) is 18.9 Å². The average molecular weight is 811 g/mol. The minimum atomic E-state index is -1.97. The number of carboxylic acid groups (broad SMARTS) is 5. The van der Waals surface area contributed by atoms with E-state index >= 15 is 0 Å². The maximum absolute atomic E-state index is 11.8. The van der Waals surface area contributed by atoms with Gasteiger partial charge in [-0.05, 0) is 36.4 Å². The van der Waals surface area contributed by atoms with E-state index in [1.165, 1.54) is 76.5 Å². The molecule has 0 saturated carbocycles. The van der Waals surface area contributed by atoms with Crippen LogP contribution in [0.15, 0.2) is 94.6 Å². The third-order valence-electron chi connectivity index (χ3n) is 8.69. The van der Waals surface area contributed by atoms with Gasteiger partial charge in [-0.2, -0.15) is 0 Å². The molecule has 58 heavy (non-hydrogen) atoms. The van der Waals surface area contributed by atoms with Gasteiger partial charge in [0.05, 0.1) is 0 Å². The van der Waals surface area contributed by atoms with E-state index in [1.807, 2.05) is 0 Å². The molecule has 0 spiro atoms. The highest BCUT2D eigenvalue weighted by Crippen LogP contribution is 2.32. The van der Waals surface area contributed by atoms with Crippen molar-refractivity contribution in [2.24, 2.45) is 0 Å². The van der Waals surface area contributed by atoms with Crippen molar-refractivity contribution in [1.29, 1.82) is 0 Å². The summed E-state index contributed by atoms with van der Waals surface area (Å²) >= 11 is 0. The Morgan fingerprint density at radius 2 is 0.931 bits per heavy atom. The number of hydrogen-bond acceptors (Lipinski definition) is 17. The molecule has 0 amide bonds. The third kappa shape index (κ3) is 9.09. The van der Waals surface area contributed by atoms with E-state index in [0.717, 1.165) is 0 Å². The van der Waals surface area contributed by atoms with Gasteiger partial charge in [-0.3, -0.25) is 4.90 Å². The number of ether oxygens (including phenoxy) is 1. The molecule has 0 radical (unpaired) electrons. The van der Waals surface area contributed by atoms with Gasteiger partial charge in [-0.25, -0.2) is 24.0 Å². The summed E-state index contributed by atoms with van der Waals surface area (Å²) in [4.78, 5) is 64.5. The summed E-state index contributed by atoms with van der Waals surface area (Å²) in [7, 11) is 0. The van der Waals surface area contributed by atoms with Crippen LogP contribution in [-0.4, -0.2) is 111 Å². The Balaban J connectivity index is 1.29. The summed E-state index contributed by atoms with van der Waals surface area (Å²) in [5, 5.41) is 66.9. The Hall–Kier alpha value is -7.59. The number of anilines is 5. The topological polar surface area (TPSA) is 315 Å². The molecule has 306 valence electrons. The molecule has 1 atom stereocenters. The smallest absolute Gasteiger partial charge is 0.371 e. The minimum Gasteiger partial charge on any atom is -0.475 e. The van der Waals surface area contributed by atoms with E-state index in [1.54, 1.807) is 9.80 Å². The molecule has 0 fully saturated rings. The fourth-order valence-corrected chi connectivity index (χ4v) is 5.90. The molecule has 1 aliphatic rings. The number of carboxylic acids is 5. The molecule has 6 heterocycles. The third-order valence-corrected chi connectivity index (χ3v) is 8.69. The van der Waals surface area contributed by atoms with Crippen LogP contribution in [0, 0.1) is 0 Å². The van der Waals surface area contributed by atoms with E-state index < -0.39 is 65.4 Å². The minimum absolute atomic E-state index is 0.000539. The van der Waals surface area contributed by atoms with Crippen LogP contribution in [-0.2, 0) is 9.53 Å². The lowest BCUT2D eigenvalue weighted by molar-refractivity contribution is -0.137. The number of aromatic carboxylic acids is 4. The molecule has 1 unspecified atom stereocenters. The SMILES string of the molecule is O=C(O)C1=CCC(N(CCN(CCN(CCN(c2ccc(C(=O)O)o2)c2ccc(C(O)O)o2)c2ccc(C(=O)O)o2)c2ccc(C(=O)O)o2)c2ccc(C(=O)O)o2)O1. The van der Waals surface area contributed by atoms with Gasteiger partial charge in [-0.1, -0.05) is 0 Å². The number of aliphatic hydroxyl groups excluding tert-OH is 1. The standard InChI is InChI=1S/C36H34N4O18/c41-31(42)19-1-7-25(53-19)37(15-17-39(27-9-3-21(55-27)33(45)46)28-10-4-22(56-28)34(47)48)13-14-38(26-8-2-20(54-26)32(43)44)16-18-40(29-11-5-23(57-29)35(49)50)30-12-6-24(58-30)36(51)52/h1-11,30,33,45-46H,12-18H2,(H,41,42)(H,43,44)(H,47,48)(H,49,50)(H,51,52). The summed E-state index contributed by atoms with van der Waals surface area (Å²) in [6, 6.07) is 13.1. The van der Waals surface area contributed by atoms with E-state index in [-0.39, 0.29) is 86.6 Å². The Bertz CT molecular complexity index is 2310. The molecule has 22 heteroatoms. The zero-order valence-corrected chi connectivity index (χ0v) is 29.9. The van der Waals surface area contributed by atoms with E-state index in [4.69, 9.17) is 26.8 Å². The lowest BCUT2D eigenvalue weighted by Gasteiger charge is -2.32. The lowest BCUT2D eigenvalue weighted by atomic mass is 10.3. The normalized spacial score (nSPS) is 13.6. The molecule has 1 aliphatic heterocycles. The van der Waals surface area contributed by atoms with Crippen LogP contribution in [0.3, 0.4) is 0 Å². The van der Waals surface area contributed by atoms with Crippen molar-refractivity contribution in [3.63, 3.8) is 0 Å². The Morgan fingerprint density at radius 1 is 0.517 bits per heavy atom. The predicted octanol–water partition coefficient (Wildman–Crippen LogP) is 3.80. The number of rotatable bonds is 21. The van der Waals surface area contributed by atoms with Gasteiger partial charge < -0.3 is 77.3 Å². The lowest BCUT2D eigenvalue weighted by Crippen LogP contribution is -2.44. The highest BCUT2D eigenvalue weighted by molar-refractivity contribution is 5.87. The van der Waals surface area contributed by atoms with Crippen molar-refractivity contribution >= 4 is 59.3 Å². The average Bonchev–Trinajstić information content (AvgIpc) is 4.02. The van der Waals surface area contributed by atoms with Crippen molar-refractivity contribution in [3.8, 4) is 0 Å².